The van der Waals surface area contributed by atoms with Gasteiger partial charge < -0.3 is 9.47 Å². The smallest absolute Gasteiger partial charge is 0.370 e. The number of pyridine rings is 1. The molecule has 0 atom stereocenters. The number of hydrogen-bond donors (Lipinski definition) is 0. The van der Waals surface area contributed by atoms with Crippen LogP contribution in [0.4, 0.5) is 4.79 Å². The quantitative estimate of drug-likeness (QED) is 0.482. The second kappa shape index (κ2) is 7.45. The monoisotopic (exact) mass is 309 g/mol. The molecule has 1 aromatic heterocycles. The van der Waals surface area contributed by atoms with Gasteiger partial charge in [0.2, 0.25) is 6.79 Å². The lowest BCUT2D eigenvalue weighted by Crippen LogP contribution is -2.12. The molecule has 0 aliphatic heterocycles. The third-order valence-corrected chi connectivity index (χ3v) is 2.79. The fraction of sp³-hybridized carbons (Fsp3) is 0.300. The molecular weight excluding hydrogens is 301 g/mol. The van der Waals surface area contributed by atoms with Crippen molar-refractivity contribution in [2.45, 2.75) is 6.92 Å². The van der Waals surface area contributed by atoms with Crippen LogP contribution in [-0.4, -0.2) is 28.8 Å². The standard InChI is InChI=1S/C10H9Cl2NO4S/c1-2-18-10(15)17-5-16-9(14)8-6(11)3-4-7(12)13-8/h3-4H,2,5H2,1H3. The topological polar surface area (TPSA) is 65.5 Å². The van der Waals surface area contributed by atoms with E-state index in [4.69, 9.17) is 23.2 Å². The molecule has 0 bridgehead atoms. The van der Waals surface area contributed by atoms with Crippen molar-refractivity contribution >= 4 is 46.2 Å². The first kappa shape index (κ1) is 15.1. The van der Waals surface area contributed by atoms with E-state index in [0.29, 0.717) is 5.75 Å². The number of carbonyl (C=O) groups is 2. The summed E-state index contributed by atoms with van der Waals surface area (Å²) in [6.07, 6.45) is 0. The molecule has 0 unspecified atom stereocenters. The zero-order chi connectivity index (χ0) is 13.5. The Labute approximate surface area is 118 Å². The summed E-state index contributed by atoms with van der Waals surface area (Å²) >= 11 is 12.3. The van der Waals surface area contributed by atoms with Crippen molar-refractivity contribution in [2.75, 3.05) is 12.5 Å². The van der Waals surface area contributed by atoms with Gasteiger partial charge in [0.05, 0.1) is 5.02 Å². The fourth-order valence-electron chi connectivity index (χ4n) is 0.920. The highest BCUT2D eigenvalue weighted by atomic mass is 35.5. The molecule has 0 aliphatic carbocycles. The molecule has 1 rings (SSSR count). The zero-order valence-corrected chi connectivity index (χ0v) is 11.6. The maximum absolute atomic E-state index is 11.5. The maximum Gasteiger partial charge on any atom is 0.370 e. The van der Waals surface area contributed by atoms with E-state index in [1.165, 1.54) is 12.1 Å². The first-order chi connectivity index (χ1) is 8.54. The van der Waals surface area contributed by atoms with Gasteiger partial charge in [0.1, 0.15) is 5.15 Å². The van der Waals surface area contributed by atoms with E-state index in [9.17, 15) is 9.59 Å². The van der Waals surface area contributed by atoms with Crippen molar-refractivity contribution in [3.05, 3.63) is 28.0 Å². The number of esters is 1. The molecular formula is C10H9Cl2NO4S. The van der Waals surface area contributed by atoms with Crippen LogP contribution >= 0.6 is 35.0 Å². The number of ether oxygens (including phenoxy) is 2. The van der Waals surface area contributed by atoms with Crippen LogP contribution in [0.3, 0.4) is 0 Å². The Bertz CT molecular complexity index is 456. The van der Waals surface area contributed by atoms with E-state index in [2.05, 4.69) is 14.5 Å². The van der Waals surface area contributed by atoms with Crippen LogP contribution in [0.15, 0.2) is 12.1 Å². The average molecular weight is 310 g/mol. The number of halogens is 2. The lowest BCUT2D eigenvalue weighted by Gasteiger charge is -2.06. The Morgan fingerprint density at radius 3 is 2.72 bits per heavy atom. The first-order valence-corrected chi connectivity index (χ1v) is 6.57. The van der Waals surface area contributed by atoms with Crippen LogP contribution in [0.2, 0.25) is 10.2 Å². The maximum atomic E-state index is 11.5. The Kier molecular flexibility index (Phi) is 6.24. The van der Waals surface area contributed by atoms with Gasteiger partial charge in [0.15, 0.2) is 5.69 Å². The van der Waals surface area contributed by atoms with E-state index < -0.39 is 18.1 Å². The molecule has 1 heterocycles. The van der Waals surface area contributed by atoms with Crippen LogP contribution in [0.1, 0.15) is 17.4 Å². The molecule has 18 heavy (non-hydrogen) atoms. The molecule has 0 spiro atoms. The molecule has 0 saturated heterocycles. The van der Waals surface area contributed by atoms with Crippen LogP contribution in [0.5, 0.6) is 0 Å². The summed E-state index contributed by atoms with van der Waals surface area (Å²) in [6, 6.07) is 2.87. The highest BCUT2D eigenvalue weighted by molar-refractivity contribution is 8.13. The molecule has 0 saturated carbocycles. The first-order valence-electron chi connectivity index (χ1n) is 4.83. The van der Waals surface area contributed by atoms with Crippen molar-refractivity contribution in [1.29, 1.82) is 0 Å². The summed E-state index contributed by atoms with van der Waals surface area (Å²) in [5, 5.41) is -0.293. The number of thioether (sulfide) groups is 1. The van der Waals surface area contributed by atoms with Gasteiger partial charge in [0.25, 0.3) is 0 Å². The number of aromatic nitrogens is 1. The van der Waals surface area contributed by atoms with Gasteiger partial charge in [-0.05, 0) is 23.9 Å². The second-order valence-corrected chi connectivity index (χ2v) is 4.84. The van der Waals surface area contributed by atoms with Gasteiger partial charge in [-0.2, -0.15) is 0 Å². The molecule has 5 nitrogen and oxygen atoms in total. The van der Waals surface area contributed by atoms with Crippen LogP contribution < -0.4 is 0 Å². The number of carbonyl (C=O) groups excluding carboxylic acids is 2. The molecule has 0 amide bonds. The van der Waals surface area contributed by atoms with Gasteiger partial charge in [-0.1, -0.05) is 30.1 Å². The normalized spacial score (nSPS) is 9.94. The van der Waals surface area contributed by atoms with Crippen molar-refractivity contribution in [3.63, 3.8) is 0 Å². The summed E-state index contributed by atoms with van der Waals surface area (Å²) < 4.78 is 9.30. The van der Waals surface area contributed by atoms with Crippen molar-refractivity contribution in [3.8, 4) is 0 Å². The number of hydrogen-bond acceptors (Lipinski definition) is 6. The third-order valence-electron chi connectivity index (χ3n) is 1.63. The predicted octanol–water partition coefficient (Wildman–Crippen LogP) is 3.39. The Balaban J connectivity index is 2.50. The number of nitrogens with zero attached hydrogens (tertiary/aromatic N) is 1. The van der Waals surface area contributed by atoms with E-state index in [1.54, 1.807) is 6.92 Å². The molecule has 0 radical (unpaired) electrons. The minimum atomic E-state index is -0.809. The van der Waals surface area contributed by atoms with Crippen LogP contribution in [-0.2, 0) is 9.47 Å². The SMILES string of the molecule is CCSC(=O)OCOC(=O)c1nc(Cl)ccc1Cl. The lowest BCUT2D eigenvalue weighted by molar-refractivity contribution is 0.00355. The largest absolute Gasteiger partial charge is 0.423 e. The van der Waals surface area contributed by atoms with E-state index in [-0.39, 0.29) is 15.9 Å². The molecule has 0 aliphatic rings. The molecule has 0 fully saturated rings. The Morgan fingerprint density at radius 2 is 2.06 bits per heavy atom. The summed E-state index contributed by atoms with van der Waals surface area (Å²) in [6.45, 7) is 1.31. The van der Waals surface area contributed by atoms with Gasteiger partial charge in [0, 0.05) is 5.75 Å². The van der Waals surface area contributed by atoms with Crippen molar-refractivity contribution in [2.24, 2.45) is 0 Å². The van der Waals surface area contributed by atoms with E-state index in [0.717, 1.165) is 11.8 Å². The second-order valence-electron chi connectivity index (χ2n) is 2.84. The predicted molar refractivity (Wildman–Crippen MR) is 69.2 cm³/mol. The van der Waals surface area contributed by atoms with Gasteiger partial charge in [-0.25, -0.2) is 14.6 Å². The number of rotatable bonds is 4. The Hall–Kier alpha value is -0.980. The van der Waals surface area contributed by atoms with Crippen LogP contribution in [0.25, 0.3) is 0 Å². The highest BCUT2D eigenvalue weighted by Crippen LogP contribution is 2.17. The van der Waals surface area contributed by atoms with E-state index in [1.807, 2.05) is 0 Å². The summed E-state index contributed by atoms with van der Waals surface area (Å²) in [7, 11) is 0. The van der Waals surface area contributed by atoms with Crippen molar-refractivity contribution < 1.29 is 19.1 Å². The molecule has 98 valence electrons. The van der Waals surface area contributed by atoms with E-state index >= 15 is 0 Å². The minimum absolute atomic E-state index is 0.110. The van der Waals surface area contributed by atoms with Gasteiger partial charge in [-0.3, -0.25) is 0 Å². The molecule has 8 heteroatoms. The third kappa shape index (κ3) is 4.72. The molecule has 1 aromatic rings. The highest BCUT2D eigenvalue weighted by Gasteiger charge is 2.15. The Morgan fingerprint density at radius 1 is 1.33 bits per heavy atom. The van der Waals surface area contributed by atoms with Gasteiger partial charge >= 0.3 is 11.3 Å². The van der Waals surface area contributed by atoms with Crippen LogP contribution in [0, 0.1) is 0 Å². The lowest BCUT2D eigenvalue weighted by atomic mass is 10.3. The molecule has 0 aromatic carbocycles. The average Bonchev–Trinajstić information content (AvgIpc) is 2.32. The van der Waals surface area contributed by atoms with Gasteiger partial charge in [-0.15, -0.1) is 0 Å². The minimum Gasteiger partial charge on any atom is -0.423 e. The summed E-state index contributed by atoms with van der Waals surface area (Å²) in [5.74, 6) is -0.231. The summed E-state index contributed by atoms with van der Waals surface area (Å²) in [4.78, 5) is 26.2. The summed E-state index contributed by atoms with van der Waals surface area (Å²) in [5.41, 5.74) is -0.122. The zero-order valence-electron chi connectivity index (χ0n) is 9.31. The fourth-order valence-corrected chi connectivity index (χ4v) is 1.62. The van der Waals surface area contributed by atoms with Crippen molar-refractivity contribution in [1.82, 2.24) is 4.98 Å². The molecule has 0 N–H and O–H groups in total.